The summed E-state index contributed by atoms with van der Waals surface area (Å²) in [7, 11) is 0. The van der Waals surface area contributed by atoms with Crippen LogP contribution < -0.4 is 5.32 Å². The van der Waals surface area contributed by atoms with Crippen molar-refractivity contribution in [2.24, 2.45) is 0 Å². The summed E-state index contributed by atoms with van der Waals surface area (Å²) in [4.78, 5) is 13.8. The molecule has 0 aliphatic carbocycles. The Morgan fingerprint density at radius 1 is 1.41 bits per heavy atom. The molecule has 1 aromatic carbocycles. The molecule has 1 unspecified atom stereocenters. The minimum Gasteiger partial charge on any atom is -0.444 e. The first kappa shape index (κ1) is 17.4. The predicted molar refractivity (Wildman–Crippen MR) is 89.5 cm³/mol. The van der Waals surface area contributed by atoms with Crippen molar-refractivity contribution < 1.29 is 9.53 Å². The van der Waals surface area contributed by atoms with E-state index in [2.05, 4.69) is 5.32 Å². The Kier molecular flexibility index (Phi) is 5.59. The van der Waals surface area contributed by atoms with Crippen LogP contribution in [0.2, 0.25) is 10.0 Å². The fourth-order valence-electron chi connectivity index (χ4n) is 2.35. The SMILES string of the molecule is CC(C)(C)OC(=O)N1CCC(NCc2cc(Cl)ccc2Cl)C1. The van der Waals surface area contributed by atoms with Gasteiger partial charge in [-0.2, -0.15) is 0 Å². The molecular formula is C16H22Cl2N2O2. The van der Waals surface area contributed by atoms with E-state index in [9.17, 15) is 4.79 Å². The number of hydrogen-bond acceptors (Lipinski definition) is 3. The van der Waals surface area contributed by atoms with Crippen LogP contribution in [0.3, 0.4) is 0 Å². The Morgan fingerprint density at radius 3 is 2.82 bits per heavy atom. The third-order valence-corrected chi connectivity index (χ3v) is 4.03. The largest absolute Gasteiger partial charge is 0.444 e. The van der Waals surface area contributed by atoms with Crippen molar-refractivity contribution in [2.75, 3.05) is 13.1 Å². The number of nitrogens with zero attached hydrogens (tertiary/aromatic N) is 1. The zero-order valence-electron chi connectivity index (χ0n) is 13.2. The first-order valence-electron chi connectivity index (χ1n) is 7.40. The molecule has 2 rings (SSSR count). The van der Waals surface area contributed by atoms with Gasteiger partial charge in [-0.25, -0.2) is 4.79 Å². The van der Waals surface area contributed by atoms with Gasteiger partial charge in [-0.15, -0.1) is 0 Å². The topological polar surface area (TPSA) is 41.6 Å². The molecule has 1 heterocycles. The van der Waals surface area contributed by atoms with Gasteiger partial charge in [-0.3, -0.25) is 0 Å². The zero-order valence-corrected chi connectivity index (χ0v) is 14.7. The molecule has 1 aliphatic heterocycles. The lowest BCUT2D eigenvalue weighted by Crippen LogP contribution is -2.38. The van der Waals surface area contributed by atoms with E-state index in [0.29, 0.717) is 29.7 Å². The molecular weight excluding hydrogens is 323 g/mol. The Balaban J connectivity index is 1.84. The van der Waals surface area contributed by atoms with Crippen LogP contribution in [0.25, 0.3) is 0 Å². The lowest BCUT2D eigenvalue weighted by molar-refractivity contribution is 0.0291. The van der Waals surface area contributed by atoms with E-state index in [4.69, 9.17) is 27.9 Å². The maximum atomic E-state index is 12.0. The molecule has 6 heteroatoms. The van der Waals surface area contributed by atoms with Crippen LogP contribution in [0.4, 0.5) is 4.79 Å². The van der Waals surface area contributed by atoms with Gasteiger partial charge < -0.3 is 15.0 Å². The van der Waals surface area contributed by atoms with Gasteiger partial charge >= 0.3 is 6.09 Å². The number of carbonyl (C=O) groups excluding carboxylic acids is 1. The van der Waals surface area contributed by atoms with E-state index < -0.39 is 5.60 Å². The van der Waals surface area contributed by atoms with Gasteiger partial charge in [-0.05, 0) is 51.0 Å². The number of likely N-dealkylation sites (tertiary alicyclic amines) is 1. The van der Waals surface area contributed by atoms with Crippen LogP contribution in [-0.2, 0) is 11.3 Å². The Bertz CT molecular complexity index is 543. The molecule has 1 amide bonds. The van der Waals surface area contributed by atoms with E-state index in [0.717, 1.165) is 12.0 Å². The third kappa shape index (κ3) is 5.04. The highest BCUT2D eigenvalue weighted by Crippen LogP contribution is 2.21. The molecule has 1 aromatic rings. The van der Waals surface area contributed by atoms with E-state index in [1.807, 2.05) is 26.8 Å². The van der Waals surface area contributed by atoms with Crippen LogP contribution in [0.1, 0.15) is 32.8 Å². The first-order chi connectivity index (χ1) is 10.2. The summed E-state index contributed by atoms with van der Waals surface area (Å²) in [6.07, 6.45) is 0.648. The molecule has 1 fully saturated rings. The number of ether oxygens (including phenoxy) is 1. The summed E-state index contributed by atoms with van der Waals surface area (Å²) in [6, 6.07) is 5.66. The molecule has 0 aromatic heterocycles. The van der Waals surface area contributed by atoms with Crippen molar-refractivity contribution in [3.8, 4) is 0 Å². The van der Waals surface area contributed by atoms with Gasteiger partial charge in [0.05, 0.1) is 0 Å². The fraction of sp³-hybridized carbons (Fsp3) is 0.562. The average Bonchev–Trinajstić information content (AvgIpc) is 2.87. The fourth-order valence-corrected chi connectivity index (χ4v) is 2.73. The quantitative estimate of drug-likeness (QED) is 0.897. The summed E-state index contributed by atoms with van der Waals surface area (Å²) in [5.74, 6) is 0. The third-order valence-electron chi connectivity index (χ3n) is 3.43. The van der Waals surface area contributed by atoms with Gasteiger partial charge in [0, 0.05) is 35.7 Å². The van der Waals surface area contributed by atoms with Gasteiger partial charge in [0.1, 0.15) is 5.60 Å². The highest BCUT2D eigenvalue weighted by molar-refractivity contribution is 6.33. The molecule has 1 aliphatic rings. The molecule has 0 bridgehead atoms. The molecule has 1 N–H and O–H groups in total. The van der Waals surface area contributed by atoms with E-state index >= 15 is 0 Å². The smallest absolute Gasteiger partial charge is 0.410 e. The van der Waals surface area contributed by atoms with Gasteiger partial charge in [0.15, 0.2) is 0 Å². The van der Waals surface area contributed by atoms with Crippen LogP contribution in [0, 0.1) is 0 Å². The molecule has 0 radical (unpaired) electrons. The Hall–Kier alpha value is -0.970. The number of amides is 1. The van der Waals surface area contributed by atoms with Crippen molar-refractivity contribution in [3.63, 3.8) is 0 Å². The zero-order chi connectivity index (χ0) is 16.3. The highest BCUT2D eigenvalue weighted by atomic mass is 35.5. The number of nitrogens with one attached hydrogen (secondary N) is 1. The maximum Gasteiger partial charge on any atom is 0.410 e. The summed E-state index contributed by atoms with van der Waals surface area (Å²) in [6.45, 7) is 7.60. The summed E-state index contributed by atoms with van der Waals surface area (Å²) in [5, 5.41) is 4.78. The minimum atomic E-state index is -0.461. The normalized spacial score (nSPS) is 18.6. The maximum absolute atomic E-state index is 12.0. The van der Waals surface area contributed by atoms with Gasteiger partial charge in [-0.1, -0.05) is 23.2 Å². The molecule has 0 spiro atoms. The van der Waals surface area contributed by atoms with E-state index in [1.165, 1.54) is 0 Å². The van der Waals surface area contributed by atoms with Crippen molar-refractivity contribution in [3.05, 3.63) is 33.8 Å². The van der Waals surface area contributed by atoms with Crippen LogP contribution in [0.15, 0.2) is 18.2 Å². The van der Waals surface area contributed by atoms with Gasteiger partial charge in [0.25, 0.3) is 0 Å². The minimum absolute atomic E-state index is 0.238. The van der Waals surface area contributed by atoms with Gasteiger partial charge in [0.2, 0.25) is 0 Å². The number of carbonyl (C=O) groups is 1. The molecule has 122 valence electrons. The molecule has 22 heavy (non-hydrogen) atoms. The second kappa shape index (κ2) is 7.07. The number of hydrogen-bond donors (Lipinski definition) is 1. The van der Waals surface area contributed by atoms with Crippen LogP contribution >= 0.6 is 23.2 Å². The Morgan fingerprint density at radius 2 is 2.14 bits per heavy atom. The van der Waals surface area contributed by atoms with Crippen molar-refractivity contribution >= 4 is 29.3 Å². The van der Waals surface area contributed by atoms with E-state index in [1.54, 1.807) is 17.0 Å². The number of benzene rings is 1. The number of rotatable bonds is 3. The highest BCUT2D eigenvalue weighted by Gasteiger charge is 2.29. The molecule has 1 atom stereocenters. The monoisotopic (exact) mass is 344 g/mol. The number of halogens is 2. The van der Waals surface area contributed by atoms with Crippen molar-refractivity contribution in [1.82, 2.24) is 10.2 Å². The lowest BCUT2D eigenvalue weighted by Gasteiger charge is -2.24. The standard InChI is InChI=1S/C16H22Cl2N2O2/c1-16(2,3)22-15(21)20-7-6-13(10-20)19-9-11-8-12(17)4-5-14(11)18/h4-5,8,13,19H,6-7,9-10H2,1-3H3. The second-order valence-electron chi connectivity index (χ2n) is 6.53. The van der Waals surface area contributed by atoms with Crippen molar-refractivity contribution in [1.29, 1.82) is 0 Å². The lowest BCUT2D eigenvalue weighted by atomic mass is 10.2. The molecule has 1 saturated heterocycles. The summed E-state index contributed by atoms with van der Waals surface area (Å²) >= 11 is 12.1. The molecule has 4 nitrogen and oxygen atoms in total. The average molecular weight is 345 g/mol. The summed E-state index contributed by atoms with van der Waals surface area (Å²) < 4.78 is 5.39. The Labute approximate surface area is 141 Å². The predicted octanol–water partition coefficient (Wildman–Crippen LogP) is 4.09. The van der Waals surface area contributed by atoms with E-state index in [-0.39, 0.29) is 12.1 Å². The second-order valence-corrected chi connectivity index (χ2v) is 7.37. The first-order valence-corrected chi connectivity index (χ1v) is 8.15. The van der Waals surface area contributed by atoms with Crippen molar-refractivity contribution in [2.45, 2.75) is 45.4 Å². The van der Waals surface area contributed by atoms with Crippen LogP contribution in [-0.4, -0.2) is 35.7 Å². The summed E-state index contributed by atoms with van der Waals surface area (Å²) in [5.41, 5.74) is 0.501. The van der Waals surface area contributed by atoms with Crippen LogP contribution in [0.5, 0.6) is 0 Å². The molecule has 0 saturated carbocycles.